The van der Waals surface area contributed by atoms with E-state index in [0.29, 0.717) is 18.4 Å². The van der Waals surface area contributed by atoms with E-state index < -0.39 is 0 Å². The maximum Gasteiger partial charge on any atom is 0.224 e. The fraction of sp³-hybridized carbons (Fsp3) is 0.857. The van der Waals surface area contributed by atoms with Crippen LogP contribution in [-0.4, -0.2) is 60.4 Å². The highest BCUT2D eigenvalue weighted by molar-refractivity contribution is 7.99. The van der Waals surface area contributed by atoms with Gasteiger partial charge in [0.2, 0.25) is 11.8 Å². The summed E-state index contributed by atoms with van der Waals surface area (Å²) in [6, 6.07) is 0.346. The van der Waals surface area contributed by atoms with E-state index in [0.717, 1.165) is 50.5 Å². The van der Waals surface area contributed by atoms with Gasteiger partial charge in [0.25, 0.3) is 0 Å². The molecule has 2 fully saturated rings. The Morgan fingerprint density at radius 1 is 1.33 bits per heavy atom. The second-order valence-corrected chi connectivity index (χ2v) is 6.84. The number of rotatable bonds is 4. The van der Waals surface area contributed by atoms with Crippen molar-refractivity contribution in [3.05, 3.63) is 0 Å². The second kappa shape index (κ2) is 9.54. The van der Waals surface area contributed by atoms with Crippen molar-refractivity contribution in [1.29, 1.82) is 0 Å². The number of nitrogens with zero attached hydrogens (tertiary/aromatic N) is 1. The molecule has 0 saturated carbocycles. The van der Waals surface area contributed by atoms with Gasteiger partial charge in [-0.25, -0.2) is 0 Å². The van der Waals surface area contributed by atoms with Gasteiger partial charge in [0, 0.05) is 57.1 Å². The minimum absolute atomic E-state index is 0. The van der Waals surface area contributed by atoms with Crippen molar-refractivity contribution < 1.29 is 9.59 Å². The monoisotopic (exact) mass is 335 g/mol. The molecule has 21 heavy (non-hydrogen) atoms. The lowest BCUT2D eigenvalue weighted by molar-refractivity contribution is -0.133. The molecule has 5 nitrogen and oxygen atoms in total. The van der Waals surface area contributed by atoms with Gasteiger partial charge in [0.05, 0.1) is 0 Å². The minimum Gasteiger partial charge on any atom is -0.356 e. The number of likely N-dealkylation sites (tertiary alicyclic amines) is 1. The zero-order chi connectivity index (χ0) is 14.4. The molecule has 2 N–H and O–H groups in total. The first kappa shape index (κ1) is 18.6. The van der Waals surface area contributed by atoms with Crippen molar-refractivity contribution >= 4 is 36.0 Å². The van der Waals surface area contributed by atoms with Crippen LogP contribution in [0, 0.1) is 5.92 Å². The Morgan fingerprint density at radius 2 is 2.05 bits per heavy atom. The molecule has 2 rings (SSSR count). The van der Waals surface area contributed by atoms with Gasteiger partial charge in [0.15, 0.2) is 0 Å². The highest BCUT2D eigenvalue weighted by Gasteiger charge is 2.25. The topological polar surface area (TPSA) is 61.4 Å². The average molecular weight is 336 g/mol. The average Bonchev–Trinajstić information content (AvgIpc) is 2.46. The predicted molar refractivity (Wildman–Crippen MR) is 89.0 cm³/mol. The quantitative estimate of drug-likeness (QED) is 0.800. The van der Waals surface area contributed by atoms with Crippen LogP contribution in [0.15, 0.2) is 0 Å². The number of halogens is 1. The van der Waals surface area contributed by atoms with Crippen LogP contribution in [0.1, 0.15) is 26.2 Å². The van der Waals surface area contributed by atoms with Crippen LogP contribution in [0.25, 0.3) is 0 Å². The van der Waals surface area contributed by atoms with Gasteiger partial charge in [-0.3, -0.25) is 9.59 Å². The molecule has 0 bridgehead atoms. The fourth-order valence-electron chi connectivity index (χ4n) is 2.77. The Hall–Kier alpha value is -0.460. The Kier molecular flexibility index (Phi) is 8.44. The van der Waals surface area contributed by atoms with Gasteiger partial charge in [-0.1, -0.05) is 0 Å². The molecule has 2 aliphatic heterocycles. The third-order valence-corrected chi connectivity index (χ3v) is 5.16. The first-order valence-corrected chi connectivity index (χ1v) is 8.64. The zero-order valence-corrected chi connectivity index (χ0v) is 14.2. The summed E-state index contributed by atoms with van der Waals surface area (Å²) in [5.74, 6) is 3.03. The van der Waals surface area contributed by atoms with E-state index >= 15 is 0 Å². The van der Waals surface area contributed by atoms with Gasteiger partial charge in [-0.05, 0) is 18.8 Å². The number of carbonyl (C=O) groups excluding carboxylic acids is 2. The van der Waals surface area contributed by atoms with Gasteiger partial charge < -0.3 is 15.5 Å². The fourth-order valence-corrected chi connectivity index (χ4v) is 3.71. The molecule has 0 aromatic rings. The lowest BCUT2D eigenvalue weighted by Crippen LogP contribution is -2.45. The van der Waals surface area contributed by atoms with Crippen LogP contribution in [0.5, 0.6) is 0 Å². The Morgan fingerprint density at radius 3 is 2.62 bits per heavy atom. The second-order valence-electron chi connectivity index (χ2n) is 5.69. The van der Waals surface area contributed by atoms with E-state index in [1.165, 1.54) is 0 Å². The van der Waals surface area contributed by atoms with Crippen LogP contribution in [0.4, 0.5) is 0 Å². The van der Waals surface area contributed by atoms with Gasteiger partial charge in [-0.2, -0.15) is 11.8 Å². The van der Waals surface area contributed by atoms with Crippen molar-refractivity contribution in [2.75, 3.05) is 37.7 Å². The smallest absolute Gasteiger partial charge is 0.224 e. The highest BCUT2D eigenvalue weighted by Crippen LogP contribution is 2.18. The summed E-state index contributed by atoms with van der Waals surface area (Å²) in [6.45, 7) is 4.99. The molecule has 2 aliphatic rings. The van der Waals surface area contributed by atoms with E-state index in [2.05, 4.69) is 10.6 Å². The Balaban J connectivity index is 0.00000220. The molecule has 1 unspecified atom stereocenters. The predicted octanol–water partition coefficient (Wildman–Crippen LogP) is 0.878. The number of thioether (sulfide) groups is 1. The first-order chi connectivity index (χ1) is 9.65. The summed E-state index contributed by atoms with van der Waals surface area (Å²) < 4.78 is 0. The maximum absolute atomic E-state index is 12.2. The molecule has 1 atom stereocenters. The molecule has 2 heterocycles. The van der Waals surface area contributed by atoms with E-state index in [4.69, 9.17) is 0 Å². The number of hydrogen-bond donors (Lipinski definition) is 2. The normalized spacial score (nSPS) is 23.3. The number of nitrogens with one attached hydrogen (secondary N) is 2. The van der Waals surface area contributed by atoms with Crippen LogP contribution in [0.2, 0.25) is 0 Å². The highest BCUT2D eigenvalue weighted by atomic mass is 35.5. The number of piperidine rings is 1. The summed E-state index contributed by atoms with van der Waals surface area (Å²) in [6.07, 6.45) is 2.63. The molecule has 0 aromatic carbocycles. The van der Waals surface area contributed by atoms with E-state index in [1.54, 1.807) is 6.92 Å². The molecule has 0 aliphatic carbocycles. The third-order valence-electron chi connectivity index (χ3n) is 4.03. The molecule has 2 amide bonds. The van der Waals surface area contributed by atoms with Gasteiger partial charge >= 0.3 is 0 Å². The molecule has 0 aromatic heterocycles. The van der Waals surface area contributed by atoms with Crippen molar-refractivity contribution in [3.8, 4) is 0 Å². The summed E-state index contributed by atoms with van der Waals surface area (Å²) in [7, 11) is 0. The molecule has 7 heteroatoms. The molecular weight excluding hydrogens is 310 g/mol. The Bertz CT molecular complexity index is 343. The summed E-state index contributed by atoms with van der Waals surface area (Å²) in [5, 5.41) is 6.28. The SMILES string of the molecule is CC(=O)NCC1CCN(C(=O)CC2CSCCN2)CC1.Cl. The maximum atomic E-state index is 12.2. The molecular formula is C14H26ClN3O2S. The number of amides is 2. The lowest BCUT2D eigenvalue weighted by atomic mass is 9.96. The largest absolute Gasteiger partial charge is 0.356 e. The van der Waals surface area contributed by atoms with Crippen molar-refractivity contribution in [3.63, 3.8) is 0 Å². The third kappa shape index (κ3) is 6.45. The van der Waals surface area contributed by atoms with E-state index in [9.17, 15) is 9.59 Å². The standard InChI is InChI=1S/C14H25N3O2S.ClH/c1-11(18)16-9-12-2-5-17(6-3-12)14(19)8-13-10-20-7-4-15-13;/h12-13,15H,2-10H2,1H3,(H,16,18);1H. The van der Waals surface area contributed by atoms with Crippen LogP contribution in [-0.2, 0) is 9.59 Å². The van der Waals surface area contributed by atoms with Crippen molar-refractivity contribution in [1.82, 2.24) is 15.5 Å². The number of carbonyl (C=O) groups is 2. The van der Waals surface area contributed by atoms with E-state index in [-0.39, 0.29) is 24.2 Å². The van der Waals surface area contributed by atoms with Crippen molar-refractivity contribution in [2.45, 2.75) is 32.2 Å². The summed E-state index contributed by atoms with van der Waals surface area (Å²) in [4.78, 5) is 25.1. The Labute approximate surface area is 137 Å². The zero-order valence-electron chi connectivity index (χ0n) is 12.6. The van der Waals surface area contributed by atoms with Crippen LogP contribution >= 0.6 is 24.2 Å². The van der Waals surface area contributed by atoms with Crippen LogP contribution < -0.4 is 10.6 Å². The molecule has 2 saturated heterocycles. The molecule has 0 radical (unpaired) electrons. The minimum atomic E-state index is 0. The summed E-state index contributed by atoms with van der Waals surface area (Å²) in [5.41, 5.74) is 0. The molecule has 0 spiro atoms. The van der Waals surface area contributed by atoms with Crippen molar-refractivity contribution in [2.24, 2.45) is 5.92 Å². The first-order valence-electron chi connectivity index (χ1n) is 7.48. The lowest BCUT2D eigenvalue weighted by Gasteiger charge is -2.33. The molecule has 122 valence electrons. The number of hydrogen-bond acceptors (Lipinski definition) is 4. The van der Waals surface area contributed by atoms with E-state index in [1.807, 2.05) is 16.7 Å². The van der Waals surface area contributed by atoms with Gasteiger partial charge in [-0.15, -0.1) is 12.4 Å². The summed E-state index contributed by atoms with van der Waals surface area (Å²) >= 11 is 1.93. The van der Waals surface area contributed by atoms with Gasteiger partial charge in [0.1, 0.15) is 0 Å². The van der Waals surface area contributed by atoms with Crippen LogP contribution in [0.3, 0.4) is 0 Å².